The molecule has 2 aromatic rings. The van der Waals surface area contributed by atoms with Crippen molar-refractivity contribution in [2.75, 3.05) is 13.7 Å². The monoisotopic (exact) mass is 370 g/mol. The first-order chi connectivity index (χ1) is 13.0. The van der Waals surface area contributed by atoms with E-state index in [1.807, 2.05) is 0 Å². The zero-order chi connectivity index (χ0) is 19.4. The van der Waals surface area contributed by atoms with E-state index in [2.05, 4.69) is 4.99 Å². The number of amides is 1. The first-order valence-electron chi connectivity index (χ1n) is 7.84. The summed E-state index contributed by atoms with van der Waals surface area (Å²) in [6.07, 6.45) is 1.47. The van der Waals surface area contributed by atoms with Gasteiger partial charge in [0.2, 0.25) is 5.90 Å². The maximum absolute atomic E-state index is 13.8. The number of halogens is 1. The van der Waals surface area contributed by atoms with Crippen LogP contribution in [-0.2, 0) is 14.3 Å². The summed E-state index contributed by atoms with van der Waals surface area (Å²) in [6.45, 7) is -0.292. The molecular weight excluding hydrogens is 355 g/mol. The number of methoxy groups -OCH3 is 1. The molecule has 1 aliphatic heterocycles. The Hall–Kier alpha value is -3.68. The normalized spacial score (nSPS) is 14.7. The highest BCUT2D eigenvalue weighted by atomic mass is 19.1. The van der Waals surface area contributed by atoms with Gasteiger partial charge >= 0.3 is 5.97 Å². The Balaban J connectivity index is 1.88. The summed E-state index contributed by atoms with van der Waals surface area (Å²) in [6, 6.07) is 10.7. The van der Waals surface area contributed by atoms with Gasteiger partial charge in [-0.2, -0.15) is 0 Å². The molecular formula is C19H15FN2O5. The number of ether oxygens (including phenoxy) is 3. The number of carbonyl (C=O) groups excluding carboxylic acids is 2. The summed E-state index contributed by atoms with van der Waals surface area (Å²) < 4.78 is 29.3. The molecule has 138 valence electrons. The Kier molecular flexibility index (Phi) is 5.16. The molecule has 8 heteroatoms. The summed E-state index contributed by atoms with van der Waals surface area (Å²) in [5, 5.41) is 0. The zero-order valence-corrected chi connectivity index (χ0v) is 14.3. The Morgan fingerprint density at radius 3 is 2.74 bits per heavy atom. The van der Waals surface area contributed by atoms with Crippen LogP contribution in [0.5, 0.6) is 11.5 Å². The van der Waals surface area contributed by atoms with Crippen molar-refractivity contribution in [3.8, 4) is 11.5 Å². The second-order valence-electron chi connectivity index (χ2n) is 5.48. The number of benzene rings is 2. The molecule has 27 heavy (non-hydrogen) atoms. The fraction of sp³-hybridized carbons (Fsp3) is 0.105. The minimum atomic E-state index is -0.693. The number of esters is 1. The molecule has 0 saturated carbocycles. The molecule has 0 spiro atoms. The van der Waals surface area contributed by atoms with Gasteiger partial charge in [-0.1, -0.05) is 18.2 Å². The van der Waals surface area contributed by atoms with Crippen LogP contribution in [0.4, 0.5) is 4.39 Å². The lowest BCUT2D eigenvalue weighted by atomic mass is 10.1. The largest absolute Gasteiger partial charge is 0.493 e. The number of carbonyl (C=O) groups is 2. The first kappa shape index (κ1) is 18.1. The molecule has 0 radical (unpaired) electrons. The number of aliphatic imine (C=N–C) groups is 1. The Bertz CT molecular complexity index is 968. The van der Waals surface area contributed by atoms with Crippen molar-refractivity contribution in [2.45, 2.75) is 0 Å². The summed E-state index contributed by atoms with van der Waals surface area (Å²) in [7, 11) is 1.43. The van der Waals surface area contributed by atoms with Crippen LogP contribution in [0.3, 0.4) is 0 Å². The van der Waals surface area contributed by atoms with E-state index in [0.29, 0.717) is 17.1 Å². The molecule has 2 aromatic carbocycles. The van der Waals surface area contributed by atoms with Crippen LogP contribution in [0, 0.1) is 5.82 Å². The van der Waals surface area contributed by atoms with E-state index in [1.54, 1.807) is 24.3 Å². The van der Waals surface area contributed by atoms with Crippen LogP contribution in [0.2, 0.25) is 0 Å². The van der Waals surface area contributed by atoms with Crippen molar-refractivity contribution in [1.29, 1.82) is 0 Å². The van der Waals surface area contributed by atoms with Crippen LogP contribution in [-0.4, -0.2) is 31.5 Å². The summed E-state index contributed by atoms with van der Waals surface area (Å²) in [5.74, 6) is -1.29. The average Bonchev–Trinajstić information content (AvgIpc) is 3.01. The zero-order valence-electron chi connectivity index (χ0n) is 14.3. The number of nitrogens with two attached hydrogens (primary N) is 1. The van der Waals surface area contributed by atoms with Crippen molar-refractivity contribution in [3.05, 3.63) is 65.1 Å². The molecule has 1 heterocycles. The number of hydrogen-bond acceptors (Lipinski definition) is 6. The van der Waals surface area contributed by atoms with Gasteiger partial charge < -0.3 is 19.9 Å². The highest BCUT2D eigenvalue weighted by Gasteiger charge is 2.26. The Morgan fingerprint density at radius 2 is 2.04 bits per heavy atom. The van der Waals surface area contributed by atoms with Crippen LogP contribution in [0.15, 0.2) is 53.2 Å². The molecule has 0 unspecified atom stereocenters. The third-order valence-corrected chi connectivity index (χ3v) is 3.59. The predicted octanol–water partition coefficient (Wildman–Crippen LogP) is 2.04. The van der Waals surface area contributed by atoms with Gasteiger partial charge in [0, 0.05) is 0 Å². The maximum atomic E-state index is 13.8. The minimum absolute atomic E-state index is 0.0149. The molecule has 0 bridgehead atoms. The second kappa shape index (κ2) is 7.69. The van der Waals surface area contributed by atoms with Gasteiger partial charge in [0.25, 0.3) is 5.91 Å². The van der Waals surface area contributed by atoms with Crippen molar-refractivity contribution >= 4 is 23.9 Å². The number of cyclic esters (lactones) is 1. The summed E-state index contributed by atoms with van der Waals surface area (Å²) in [5.41, 5.74) is 5.74. The molecule has 2 N–H and O–H groups in total. The highest BCUT2D eigenvalue weighted by molar-refractivity contribution is 6.12. The molecule has 0 saturated heterocycles. The van der Waals surface area contributed by atoms with Gasteiger partial charge in [-0.15, -0.1) is 0 Å². The van der Waals surface area contributed by atoms with E-state index in [4.69, 9.17) is 19.9 Å². The molecule has 3 rings (SSSR count). The fourth-order valence-electron chi connectivity index (χ4n) is 2.36. The van der Waals surface area contributed by atoms with Crippen molar-refractivity contribution in [2.24, 2.45) is 10.7 Å². The quantitative estimate of drug-likeness (QED) is 0.620. The van der Waals surface area contributed by atoms with E-state index in [-0.39, 0.29) is 23.8 Å². The SMILES string of the molecule is COc1cc(/C=C2\N=C(c3ccccc3F)OC2=O)ccc1OCC(N)=O. The molecule has 0 atom stereocenters. The van der Waals surface area contributed by atoms with Gasteiger partial charge in [-0.25, -0.2) is 14.2 Å². The summed E-state index contributed by atoms with van der Waals surface area (Å²) in [4.78, 5) is 26.9. The van der Waals surface area contributed by atoms with Gasteiger partial charge in [0.1, 0.15) is 5.82 Å². The third-order valence-electron chi connectivity index (χ3n) is 3.59. The molecule has 1 aliphatic rings. The van der Waals surface area contributed by atoms with E-state index < -0.39 is 17.7 Å². The van der Waals surface area contributed by atoms with Gasteiger partial charge in [0.15, 0.2) is 23.8 Å². The van der Waals surface area contributed by atoms with Gasteiger partial charge in [0.05, 0.1) is 12.7 Å². The van der Waals surface area contributed by atoms with Crippen LogP contribution < -0.4 is 15.2 Å². The number of primary amides is 1. The first-order valence-corrected chi connectivity index (χ1v) is 7.84. The molecule has 0 aliphatic carbocycles. The Morgan fingerprint density at radius 1 is 1.26 bits per heavy atom. The van der Waals surface area contributed by atoms with Crippen molar-refractivity contribution in [1.82, 2.24) is 0 Å². The van der Waals surface area contributed by atoms with Crippen LogP contribution >= 0.6 is 0 Å². The minimum Gasteiger partial charge on any atom is -0.493 e. The fourth-order valence-corrected chi connectivity index (χ4v) is 2.36. The van der Waals surface area contributed by atoms with Gasteiger partial charge in [-0.3, -0.25) is 4.79 Å². The van der Waals surface area contributed by atoms with Crippen molar-refractivity contribution in [3.63, 3.8) is 0 Å². The number of nitrogens with zero attached hydrogens (tertiary/aromatic N) is 1. The lowest BCUT2D eigenvalue weighted by Gasteiger charge is -2.09. The number of hydrogen-bond donors (Lipinski definition) is 1. The molecule has 7 nitrogen and oxygen atoms in total. The van der Waals surface area contributed by atoms with E-state index in [1.165, 1.54) is 31.4 Å². The lowest BCUT2D eigenvalue weighted by molar-refractivity contribution is -0.130. The number of rotatable bonds is 6. The molecule has 1 amide bonds. The predicted molar refractivity (Wildman–Crippen MR) is 94.7 cm³/mol. The van der Waals surface area contributed by atoms with Crippen molar-refractivity contribution < 1.29 is 28.2 Å². The van der Waals surface area contributed by atoms with Crippen LogP contribution in [0.25, 0.3) is 6.08 Å². The van der Waals surface area contributed by atoms with Crippen LogP contribution in [0.1, 0.15) is 11.1 Å². The average molecular weight is 370 g/mol. The smallest absolute Gasteiger partial charge is 0.363 e. The molecule has 0 fully saturated rings. The topological polar surface area (TPSA) is 100 Å². The Labute approximate surface area is 153 Å². The van der Waals surface area contributed by atoms with Gasteiger partial charge in [-0.05, 0) is 35.9 Å². The van der Waals surface area contributed by atoms with E-state index in [9.17, 15) is 14.0 Å². The second-order valence-corrected chi connectivity index (χ2v) is 5.48. The third kappa shape index (κ3) is 4.12. The maximum Gasteiger partial charge on any atom is 0.363 e. The summed E-state index contributed by atoms with van der Waals surface area (Å²) >= 11 is 0. The van der Waals surface area contributed by atoms with E-state index >= 15 is 0 Å². The molecule has 0 aromatic heterocycles. The standard InChI is InChI=1S/C19H15FN2O5/c1-25-16-9-11(6-7-15(16)26-10-17(21)23)8-14-19(24)27-18(22-14)12-4-2-3-5-13(12)20/h2-9H,10H2,1H3,(H2,21,23)/b14-8-. The highest BCUT2D eigenvalue weighted by Crippen LogP contribution is 2.29. The lowest BCUT2D eigenvalue weighted by Crippen LogP contribution is -2.20. The van der Waals surface area contributed by atoms with E-state index in [0.717, 1.165) is 0 Å².